The van der Waals surface area contributed by atoms with E-state index in [4.69, 9.17) is 18.9 Å². The minimum absolute atomic E-state index is 0.368. The lowest BCUT2D eigenvalue weighted by Gasteiger charge is -2.30. The molecule has 2 saturated heterocycles. The number of carbonyl (C=O) groups excluding carboxylic acids is 1. The van der Waals surface area contributed by atoms with Crippen LogP contribution in [0.15, 0.2) is 48.9 Å². The molecular weight excluding hydrogens is 410 g/mol. The number of rotatable bonds is 3. The fourth-order valence-electron chi connectivity index (χ4n) is 5.34. The standard InChI is InChI=1S/C24H25N3O5/c1-14-16-10-11-27(19(16)26-13-25-14)20-18-23(4,32-22(2,3)30-18)24(31-20)12-17(24)29-21(28)15-8-6-5-7-9-15/h5-11,13,17-18,20H,12H2,1-4H3/t17?,18-,20+,23-,24?/m0/s1. The van der Waals surface area contributed by atoms with Crippen molar-refractivity contribution < 1.29 is 23.7 Å². The molecule has 3 aliphatic rings. The van der Waals surface area contributed by atoms with Crippen LogP contribution in [0.2, 0.25) is 0 Å². The topological polar surface area (TPSA) is 84.7 Å². The second-order valence-corrected chi connectivity index (χ2v) is 9.43. The molecule has 5 atom stereocenters. The van der Waals surface area contributed by atoms with E-state index < -0.39 is 35.4 Å². The van der Waals surface area contributed by atoms with Gasteiger partial charge in [-0.15, -0.1) is 0 Å². The van der Waals surface area contributed by atoms with E-state index in [1.807, 2.05) is 62.7 Å². The summed E-state index contributed by atoms with van der Waals surface area (Å²) in [5.41, 5.74) is 0.599. The lowest BCUT2D eigenvalue weighted by atomic mass is 9.92. The van der Waals surface area contributed by atoms with Crippen molar-refractivity contribution in [3.8, 4) is 0 Å². The van der Waals surface area contributed by atoms with Crippen LogP contribution in [0, 0.1) is 6.92 Å². The Balaban J connectivity index is 1.36. The molecule has 0 radical (unpaired) electrons. The lowest BCUT2D eigenvalue weighted by molar-refractivity contribution is -0.221. The van der Waals surface area contributed by atoms with E-state index in [-0.39, 0.29) is 5.97 Å². The summed E-state index contributed by atoms with van der Waals surface area (Å²) >= 11 is 0. The first-order chi connectivity index (χ1) is 15.2. The van der Waals surface area contributed by atoms with Crippen LogP contribution in [0.1, 0.15) is 49.5 Å². The molecule has 8 heteroatoms. The average molecular weight is 435 g/mol. The number of benzene rings is 1. The van der Waals surface area contributed by atoms with Gasteiger partial charge in [-0.25, -0.2) is 14.8 Å². The summed E-state index contributed by atoms with van der Waals surface area (Å²) < 4.78 is 27.3. The molecule has 3 aromatic rings. The number of nitrogens with zero attached hydrogens (tertiary/aromatic N) is 3. The largest absolute Gasteiger partial charge is 0.455 e. The van der Waals surface area contributed by atoms with Gasteiger partial charge in [0.2, 0.25) is 0 Å². The summed E-state index contributed by atoms with van der Waals surface area (Å²) in [6.45, 7) is 7.74. The quantitative estimate of drug-likeness (QED) is 0.582. The van der Waals surface area contributed by atoms with E-state index in [0.29, 0.717) is 12.0 Å². The Hall–Kier alpha value is -2.81. The molecular formula is C24H25N3O5. The summed E-state index contributed by atoms with van der Waals surface area (Å²) in [6.07, 6.45) is 2.73. The second-order valence-electron chi connectivity index (χ2n) is 9.43. The van der Waals surface area contributed by atoms with Crippen molar-refractivity contribution in [2.24, 2.45) is 0 Å². The number of esters is 1. The van der Waals surface area contributed by atoms with E-state index in [9.17, 15) is 4.79 Å². The molecule has 0 bridgehead atoms. The van der Waals surface area contributed by atoms with Crippen molar-refractivity contribution in [1.82, 2.24) is 14.5 Å². The first kappa shape index (κ1) is 19.8. The SMILES string of the molecule is Cc1ncnc2c1ccn2[C@@H]1OC2(CC2OC(=O)c2ccccc2)[C@@]2(C)OC(C)(C)O[C@@H]12. The molecule has 1 spiro atoms. The van der Waals surface area contributed by atoms with Crippen LogP contribution < -0.4 is 0 Å². The number of aryl methyl sites for hydroxylation is 1. The molecule has 1 aromatic carbocycles. The molecule has 2 aromatic heterocycles. The number of fused-ring (bicyclic) bond motifs is 3. The van der Waals surface area contributed by atoms with E-state index in [1.54, 1.807) is 18.5 Å². The van der Waals surface area contributed by atoms with Crippen LogP contribution in [0.25, 0.3) is 11.0 Å². The Morgan fingerprint density at radius 2 is 1.91 bits per heavy atom. The van der Waals surface area contributed by atoms with Crippen molar-refractivity contribution in [3.05, 3.63) is 60.2 Å². The first-order valence-electron chi connectivity index (χ1n) is 10.8. The molecule has 6 rings (SSSR count). The number of ether oxygens (including phenoxy) is 4. The molecule has 1 aliphatic carbocycles. The summed E-state index contributed by atoms with van der Waals surface area (Å²) in [7, 11) is 0. The van der Waals surface area contributed by atoms with Gasteiger partial charge >= 0.3 is 5.97 Å². The zero-order chi connectivity index (χ0) is 22.3. The highest BCUT2D eigenvalue weighted by molar-refractivity contribution is 5.89. The lowest BCUT2D eigenvalue weighted by Crippen LogP contribution is -2.47. The van der Waals surface area contributed by atoms with Gasteiger partial charge in [0, 0.05) is 18.0 Å². The van der Waals surface area contributed by atoms with E-state index >= 15 is 0 Å². The van der Waals surface area contributed by atoms with Crippen molar-refractivity contribution in [1.29, 1.82) is 0 Å². The van der Waals surface area contributed by atoms with Gasteiger partial charge in [-0.05, 0) is 45.9 Å². The van der Waals surface area contributed by atoms with Crippen LogP contribution in [0.5, 0.6) is 0 Å². The van der Waals surface area contributed by atoms with E-state index in [2.05, 4.69) is 9.97 Å². The Morgan fingerprint density at radius 3 is 2.69 bits per heavy atom. The third kappa shape index (κ3) is 2.63. The highest BCUT2D eigenvalue weighted by atomic mass is 16.8. The molecule has 4 heterocycles. The Labute approximate surface area is 185 Å². The molecule has 32 heavy (non-hydrogen) atoms. The Bertz CT molecular complexity index is 1220. The van der Waals surface area contributed by atoms with Crippen LogP contribution in [0.3, 0.4) is 0 Å². The van der Waals surface area contributed by atoms with Crippen molar-refractivity contribution in [2.45, 2.75) is 69.5 Å². The van der Waals surface area contributed by atoms with Gasteiger partial charge in [-0.1, -0.05) is 18.2 Å². The zero-order valence-corrected chi connectivity index (χ0v) is 18.4. The minimum atomic E-state index is -0.793. The molecule has 0 amide bonds. The summed E-state index contributed by atoms with van der Waals surface area (Å²) in [5.74, 6) is -1.16. The minimum Gasteiger partial charge on any atom is -0.455 e. The maximum absolute atomic E-state index is 12.7. The first-order valence-corrected chi connectivity index (χ1v) is 10.8. The number of carbonyl (C=O) groups is 1. The maximum atomic E-state index is 12.7. The fraction of sp³-hybridized carbons (Fsp3) is 0.458. The summed E-state index contributed by atoms with van der Waals surface area (Å²) in [4.78, 5) is 21.5. The molecule has 8 nitrogen and oxygen atoms in total. The molecule has 166 valence electrons. The Morgan fingerprint density at radius 1 is 1.12 bits per heavy atom. The molecule has 3 fully saturated rings. The van der Waals surface area contributed by atoms with Crippen LogP contribution in [-0.4, -0.2) is 49.7 Å². The molecule has 2 aliphatic heterocycles. The van der Waals surface area contributed by atoms with Crippen LogP contribution in [0.4, 0.5) is 0 Å². The van der Waals surface area contributed by atoms with Gasteiger partial charge in [0.05, 0.1) is 11.3 Å². The Kier molecular flexibility index (Phi) is 3.95. The van der Waals surface area contributed by atoms with Gasteiger partial charge in [0.1, 0.15) is 35.4 Å². The van der Waals surface area contributed by atoms with Gasteiger partial charge in [0.25, 0.3) is 0 Å². The third-order valence-corrected chi connectivity index (χ3v) is 6.93. The predicted molar refractivity (Wildman–Crippen MR) is 114 cm³/mol. The van der Waals surface area contributed by atoms with Gasteiger partial charge in [0.15, 0.2) is 12.0 Å². The maximum Gasteiger partial charge on any atom is 0.338 e. The van der Waals surface area contributed by atoms with E-state index in [0.717, 1.165) is 16.7 Å². The predicted octanol–water partition coefficient (Wildman–Crippen LogP) is 3.55. The molecule has 0 N–H and O–H groups in total. The smallest absolute Gasteiger partial charge is 0.338 e. The van der Waals surface area contributed by atoms with Gasteiger partial charge in [-0.2, -0.15) is 0 Å². The van der Waals surface area contributed by atoms with Gasteiger partial charge in [-0.3, -0.25) is 0 Å². The summed E-state index contributed by atoms with van der Waals surface area (Å²) in [5, 5.41) is 0.958. The second kappa shape index (κ2) is 6.37. The van der Waals surface area contributed by atoms with Crippen molar-refractivity contribution >= 4 is 17.0 Å². The summed E-state index contributed by atoms with van der Waals surface area (Å²) in [6, 6.07) is 11.0. The zero-order valence-electron chi connectivity index (χ0n) is 18.4. The molecule has 1 saturated carbocycles. The van der Waals surface area contributed by atoms with Crippen molar-refractivity contribution in [2.75, 3.05) is 0 Å². The monoisotopic (exact) mass is 435 g/mol. The number of aromatic nitrogens is 3. The van der Waals surface area contributed by atoms with Crippen LogP contribution >= 0.6 is 0 Å². The normalized spacial score (nSPS) is 34.7. The third-order valence-electron chi connectivity index (χ3n) is 6.93. The number of hydrogen-bond donors (Lipinski definition) is 0. The highest BCUT2D eigenvalue weighted by Gasteiger charge is 2.81. The van der Waals surface area contributed by atoms with E-state index in [1.165, 1.54) is 0 Å². The molecule has 2 unspecified atom stereocenters. The average Bonchev–Trinajstić information content (AvgIpc) is 3.05. The highest BCUT2D eigenvalue weighted by Crippen LogP contribution is 2.65. The fourth-order valence-corrected chi connectivity index (χ4v) is 5.34. The van der Waals surface area contributed by atoms with Crippen LogP contribution in [-0.2, 0) is 18.9 Å². The van der Waals surface area contributed by atoms with Crippen molar-refractivity contribution in [3.63, 3.8) is 0 Å². The number of hydrogen-bond acceptors (Lipinski definition) is 7. The van der Waals surface area contributed by atoms with Gasteiger partial charge < -0.3 is 23.5 Å².